The first kappa shape index (κ1) is 20.0. The molecule has 5 nitrogen and oxygen atoms in total. The number of carbonyl (C=O) groups excluding carboxylic acids is 2. The SMILES string of the molecule is C[C@H](I)[C@@H]1OC(=O)N([C@H](C)c2ccccc2)[C@H]1CC(=O)OC(C)(C)C. The summed E-state index contributed by atoms with van der Waals surface area (Å²) in [7, 11) is 0. The minimum absolute atomic E-state index is 0.0851. The zero-order chi connectivity index (χ0) is 18.8. The van der Waals surface area contributed by atoms with Gasteiger partial charge in [-0.1, -0.05) is 52.9 Å². The Morgan fingerprint density at radius 2 is 1.88 bits per heavy atom. The summed E-state index contributed by atoms with van der Waals surface area (Å²) in [5, 5.41) is 0. The number of halogens is 1. The number of alkyl halides is 1. The molecule has 0 unspecified atom stereocenters. The molecule has 1 fully saturated rings. The fourth-order valence-corrected chi connectivity index (χ4v) is 3.68. The lowest BCUT2D eigenvalue weighted by Gasteiger charge is -2.31. The van der Waals surface area contributed by atoms with Crippen molar-refractivity contribution in [3.05, 3.63) is 35.9 Å². The van der Waals surface area contributed by atoms with Crippen LogP contribution in [-0.2, 0) is 14.3 Å². The maximum atomic E-state index is 12.5. The molecule has 0 N–H and O–H groups in total. The van der Waals surface area contributed by atoms with Crippen LogP contribution in [0.1, 0.15) is 52.6 Å². The van der Waals surface area contributed by atoms with Crippen LogP contribution in [0.3, 0.4) is 0 Å². The molecule has 0 bridgehead atoms. The van der Waals surface area contributed by atoms with E-state index in [0.29, 0.717) is 0 Å². The number of benzene rings is 1. The normalized spacial score (nSPS) is 23.1. The van der Waals surface area contributed by atoms with Crippen molar-refractivity contribution in [3.63, 3.8) is 0 Å². The van der Waals surface area contributed by atoms with Crippen molar-refractivity contribution in [2.45, 2.75) is 68.8 Å². The van der Waals surface area contributed by atoms with Crippen LogP contribution in [0.25, 0.3) is 0 Å². The summed E-state index contributed by atoms with van der Waals surface area (Å²) in [4.78, 5) is 26.6. The number of hydrogen-bond donors (Lipinski definition) is 0. The van der Waals surface area contributed by atoms with Crippen molar-refractivity contribution in [1.29, 1.82) is 0 Å². The number of hydrogen-bond acceptors (Lipinski definition) is 4. The highest BCUT2D eigenvalue weighted by atomic mass is 127. The number of amides is 1. The lowest BCUT2D eigenvalue weighted by Crippen LogP contribution is -2.43. The Balaban J connectivity index is 2.25. The minimum atomic E-state index is -0.554. The van der Waals surface area contributed by atoms with E-state index >= 15 is 0 Å². The second-order valence-corrected chi connectivity index (χ2v) is 9.34. The highest BCUT2D eigenvalue weighted by Crippen LogP contribution is 2.35. The second kappa shape index (κ2) is 7.93. The topological polar surface area (TPSA) is 55.8 Å². The van der Waals surface area contributed by atoms with Crippen LogP contribution in [0.5, 0.6) is 0 Å². The maximum Gasteiger partial charge on any atom is 0.411 e. The van der Waals surface area contributed by atoms with E-state index < -0.39 is 5.60 Å². The fraction of sp³-hybridized carbons (Fsp3) is 0.579. The van der Waals surface area contributed by atoms with Gasteiger partial charge >= 0.3 is 12.1 Å². The molecule has 1 heterocycles. The molecule has 1 amide bonds. The van der Waals surface area contributed by atoms with E-state index in [0.717, 1.165) is 5.56 Å². The van der Waals surface area contributed by atoms with E-state index in [-0.39, 0.29) is 40.6 Å². The molecule has 1 aliphatic rings. The highest BCUT2D eigenvalue weighted by Gasteiger charge is 2.47. The summed E-state index contributed by atoms with van der Waals surface area (Å²) in [5.41, 5.74) is 0.456. The average Bonchev–Trinajstić information content (AvgIpc) is 2.82. The third kappa shape index (κ3) is 5.09. The van der Waals surface area contributed by atoms with Crippen LogP contribution in [-0.4, -0.2) is 38.6 Å². The predicted octanol–water partition coefficient (Wildman–Crippen LogP) is 4.49. The van der Waals surface area contributed by atoms with Gasteiger partial charge in [-0.25, -0.2) is 4.79 Å². The average molecular weight is 459 g/mol. The number of nitrogens with zero attached hydrogens (tertiary/aromatic N) is 1. The summed E-state index contributed by atoms with van der Waals surface area (Å²) in [6.45, 7) is 9.45. The third-order valence-corrected chi connectivity index (χ3v) is 4.84. The first-order chi connectivity index (χ1) is 11.6. The summed E-state index contributed by atoms with van der Waals surface area (Å²) in [6, 6.07) is 9.24. The van der Waals surface area contributed by atoms with Gasteiger partial charge in [0.15, 0.2) is 0 Å². The van der Waals surface area contributed by atoms with Crippen LogP contribution >= 0.6 is 22.6 Å². The van der Waals surface area contributed by atoms with Gasteiger partial charge in [-0.15, -0.1) is 0 Å². The molecule has 25 heavy (non-hydrogen) atoms. The summed E-state index contributed by atoms with van der Waals surface area (Å²) >= 11 is 2.24. The number of ether oxygens (including phenoxy) is 2. The Bertz CT molecular complexity index is 612. The zero-order valence-corrected chi connectivity index (χ0v) is 17.5. The fourth-order valence-electron chi connectivity index (χ4n) is 3.06. The van der Waals surface area contributed by atoms with Crippen molar-refractivity contribution in [1.82, 2.24) is 4.90 Å². The molecular formula is C19H26INO4. The van der Waals surface area contributed by atoms with E-state index in [1.165, 1.54) is 0 Å². The highest BCUT2D eigenvalue weighted by molar-refractivity contribution is 14.1. The van der Waals surface area contributed by atoms with Crippen molar-refractivity contribution in [2.75, 3.05) is 0 Å². The minimum Gasteiger partial charge on any atom is -0.460 e. The van der Waals surface area contributed by atoms with Crippen LogP contribution in [0.2, 0.25) is 0 Å². The van der Waals surface area contributed by atoms with E-state index in [9.17, 15) is 9.59 Å². The van der Waals surface area contributed by atoms with Crippen molar-refractivity contribution >= 4 is 34.7 Å². The van der Waals surface area contributed by atoms with Crippen LogP contribution in [0.15, 0.2) is 30.3 Å². The number of esters is 1. The van der Waals surface area contributed by atoms with Gasteiger partial charge in [0.25, 0.3) is 0 Å². The molecule has 0 radical (unpaired) electrons. The number of cyclic esters (lactones) is 1. The monoisotopic (exact) mass is 459 g/mol. The Morgan fingerprint density at radius 3 is 2.40 bits per heavy atom. The molecule has 0 aliphatic carbocycles. The lowest BCUT2D eigenvalue weighted by atomic mass is 10.00. The first-order valence-electron chi connectivity index (χ1n) is 8.50. The van der Waals surface area contributed by atoms with Gasteiger partial charge in [-0.3, -0.25) is 9.69 Å². The molecule has 0 aromatic heterocycles. The summed E-state index contributed by atoms with van der Waals surface area (Å²) in [6.07, 6.45) is -0.594. The third-order valence-electron chi connectivity index (χ3n) is 4.13. The molecular weight excluding hydrogens is 433 g/mol. The molecule has 0 spiro atoms. The van der Waals surface area contributed by atoms with E-state index in [2.05, 4.69) is 22.6 Å². The number of carbonyl (C=O) groups is 2. The second-order valence-electron chi connectivity index (χ2n) is 7.38. The van der Waals surface area contributed by atoms with Gasteiger partial charge in [0.05, 0.1) is 18.5 Å². The van der Waals surface area contributed by atoms with Crippen molar-refractivity contribution < 1.29 is 19.1 Å². The molecule has 1 aromatic carbocycles. The molecule has 6 heteroatoms. The smallest absolute Gasteiger partial charge is 0.411 e. The maximum absolute atomic E-state index is 12.5. The standard InChI is InChI=1S/C19H26INO4/c1-12(20)17-15(11-16(22)25-19(3,4)5)21(18(23)24-17)13(2)14-9-7-6-8-10-14/h6-10,12-13,15,17H,11H2,1-5H3/t12-,13+,15-,17-/m0/s1. The van der Waals surface area contributed by atoms with E-state index in [1.54, 1.807) is 4.90 Å². The first-order valence-corrected chi connectivity index (χ1v) is 9.74. The Morgan fingerprint density at radius 1 is 1.28 bits per heavy atom. The zero-order valence-electron chi connectivity index (χ0n) is 15.4. The van der Waals surface area contributed by atoms with Gasteiger partial charge < -0.3 is 9.47 Å². The summed E-state index contributed by atoms with van der Waals surface area (Å²) < 4.78 is 11.1. The predicted molar refractivity (Wildman–Crippen MR) is 105 cm³/mol. The van der Waals surface area contributed by atoms with Crippen molar-refractivity contribution in [3.8, 4) is 0 Å². The summed E-state index contributed by atoms with van der Waals surface area (Å²) in [5.74, 6) is -0.317. The van der Waals surface area contributed by atoms with E-state index in [1.807, 2.05) is 65.0 Å². The Kier molecular flexibility index (Phi) is 6.35. The Labute approximate surface area is 163 Å². The van der Waals surface area contributed by atoms with Crippen LogP contribution in [0, 0.1) is 0 Å². The van der Waals surface area contributed by atoms with Crippen LogP contribution in [0.4, 0.5) is 4.79 Å². The largest absolute Gasteiger partial charge is 0.460 e. The van der Waals surface area contributed by atoms with Gasteiger partial charge in [-0.2, -0.15) is 0 Å². The van der Waals surface area contributed by atoms with Crippen molar-refractivity contribution in [2.24, 2.45) is 0 Å². The van der Waals surface area contributed by atoms with Gasteiger partial charge in [-0.05, 0) is 40.2 Å². The molecule has 4 atom stereocenters. The molecule has 0 saturated carbocycles. The quantitative estimate of drug-likeness (QED) is 0.370. The Hall–Kier alpha value is -1.31. The molecule has 1 aliphatic heterocycles. The lowest BCUT2D eigenvalue weighted by molar-refractivity contribution is -0.156. The molecule has 1 aromatic rings. The van der Waals surface area contributed by atoms with Gasteiger partial charge in [0.1, 0.15) is 11.7 Å². The molecule has 1 saturated heterocycles. The molecule has 2 rings (SSSR count). The molecule has 138 valence electrons. The van der Waals surface area contributed by atoms with Crippen LogP contribution < -0.4 is 0 Å². The van der Waals surface area contributed by atoms with Gasteiger partial charge in [0, 0.05) is 3.92 Å². The van der Waals surface area contributed by atoms with Gasteiger partial charge in [0.2, 0.25) is 0 Å². The van der Waals surface area contributed by atoms with E-state index in [4.69, 9.17) is 9.47 Å². The number of rotatable bonds is 5.